The number of ketones is 1. The normalized spacial score (nSPS) is 17.5. The molecular weight excluding hydrogens is 192 g/mol. The summed E-state index contributed by atoms with van der Waals surface area (Å²) in [7, 11) is 0. The van der Waals surface area contributed by atoms with E-state index in [0.29, 0.717) is 0 Å². The molecule has 0 saturated heterocycles. The van der Waals surface area contributed by atoms with Crippen molar-refractivity contribution in [2.24, 2.45) is 11.5 Å². The van der Waals surface area contributed by atoms with Crippen LogP contribution in [0, 0.1) is 0 Å². The molecule has 0 aliphatic heterocycles. The summed E-state index contributed by atoms with van der Waals surface area (Å²) >= 11 is 3.80. The summed E-state index contributed by atoms with van der Waals surface area (Å²) in [5.74, 6) is -1.94. The summed E-state index contributed by atoms with van der Waals surface area (Å²) in [4.78, 5) is 22.1. The van der Waals surface area contributed by atoms with Gasteiger partial charge in [-0.05, 0) is 6.42 Å². The molecule has 2 unspecified atom stereocenters. The predicted molar refractivity (Wildman–Crippen MR) is 51.7 cm³/mol. The Morgan fingerprint density at radius 3 is 2.31 bits per heavy atom. The third-order valence-electron chi connectivity index (χ3n) is 1.91. The molecule has 5 nitrogen and oxygen atoms in total. The van der Waals surface area contributed by atoms with Gasteiger partial charge >= 0.3 is 5.97 Å². The lowest BCUT2D eigenvalue weighted by Gasteiger charge is -2.23. The van der Waals surface area contributed by atoms with E-state index in [2.05, 4.69) is 12.6 Å². The minimum atomic E-state index is -1.87. The summed E-state index contributed by atoms with van der Waals surface area (Å²) in [6.45, 7) is 1.53. The number of carboxylic acid groups (broad SMARTS) is 1. The minimum Gasteiger partial charge on any atom is -0.480 e. The first-order valence-electron chi connectivity index (χ1n) is 3.83. The number of rotatable bonds is 5. The number of Topliss-reactive ketones (excluding diaryl/α,β-unsaturated/α-hetero) is 1. The lowest BCUT2D eigenvalue weighted by molar-refractivity contribution is -0.148. The van der Waals surface area contributed by atoms with Gasteiger partial charge in [-0.2, -0.15) is 12.6 Å². The highest BCUT2D eigenvalue weighted by molar-refractivity contribution is 7.80. The number of hydrogen-bond donors (Lipinski definition) is 4. The fourth-order valence-corrected chi connectivity index (χ4v) is 1.01. The second-order valence-corrected chi connectivity index (χ2v) is 3.15. The van der Waals surface area contributed by atoms with Crippen LogP contribution >= 0.6 is 12.6 Å². The van der Waals surface area contributed by atoms with Crippen LogP contribution in [-0.2, 0) is 9.59 Å². The fourth-order valence-electron chi connectivity index (χ4n) is 0.845. The van der Waals surface area contributed by atoms with Gasteiger partial charge in [0.05, 0.1) is 6.04 Å². The van der Waals surface area contributed by atoms with Crippen molar-refractivity contribution in [2.45, 2.75) is 24.9 Å². The van der Waals surface area contributed by atoms with Crippen LogP contribution in [0.15, 0.2) is 0 Å². The standard InChI is InChI=1S/C7H14N2O3S/c1-2-7(9,6(11)12)5(10)4(8)3-13/h4,13H,2-3,8-9H2,1H3,(H,11,12). The Balaban J connectivity index is 4.77. The molecule has 0 amide bonds. The molecule has 0 radical (unpaired) electrons. The van der Waals surface area contributed by atoms with Gasteiger partial charge in [0.25, 0.3) is 0 Å². The number of hydrogen-bond acceptors (Lipinski definition) is 5. The molecule has 0 heterocycles. The molecule has 0 aromatic rings. The van der Waals surface area contributed by atoms with Crippen molar-refractivity contribution in [1.29, 1.82) is 0 Å². The highest BCUT2D eigenvalue weighted by Crippen LogP contribution is 2.10. The Morgan fingerprint density at radius 1 is 1.62 bits per heavy atom. The monoisotopic (exact) mass is 206 g/mol. The largest absolute Gasteiger partial charge is 0.480 e. The molecule has 0 aliphatic carbocycles. The SMILES string of the molecule is CCC(N)(C(=O)O)C(=O)C(N)CS. The number of nitrogens with two attached hydrogens (primary N) is 2. The van der Waals surface area contributed by atoms with Crippen LogP contribution in [0.1, 0.15) is 13.3 Å². The molecule has 6 heteroatoms. The van der Waals surface area contributed by atoms with E-state index in [9.17, 15) is 9.59 Å². The zero-order valence-electron chi connectivity index (χ0n) is 7.36. The van der Waals surface area contributed by atoms with Gasteiger partial charge in [0.2, 0.25) is 0 Å². The van der Waals surface area contributed by atoms with E-state index in [-0.39, 0.29) is 12.2 Å². The van der Waals surface area contributed by atoms with E-state index in [1.807, 2.05) is 0 Å². The minimum absolute atomic E-state index is 0.0165. The number of carbonyl (C=O) groups is 2. The molecule has 0 fully saturated rings. The summed E-state index contributed by atoms with van der Waals surface area (Å²) in [6, 6.07) is -0.926. The molecule has 0 spiro atoms. The number of thiol groups is 1. The highest BCUT2D eigenvalue weighted by Gasteiger charge is 2.42. The van der Waals surface area contributed by atoms with Crippen LogP contribution in [0.25, 0.3) is 0 Å². The first-order chi connectivity index (χ1) is 5.90. The first kappa shape index (κ1) is 12.4. The number of carbonyl (C=O) groups excluding carboxylic acids is 1. The molecule has 0 saturated carbocycles. The molecule has 0 rings (SSSR count). The van der Waals surface area contributed by atoms with Crippen LogP contribution in [-0.4, -0.2) is 34.2 Å². The average Bonchev–Trinajstić information content (AvgIpc) is 2.13. The lowest BCUT2D eigenvalue weighted by Crippen LogP contribution is -2.60. The Morgan fingerprint density at radius 2 is 2.08 bits per heavy atom. The Bertz CT molecular complexity index is 222. The molecule has 5 N–H and O–H groups in total. The lowest BCUT2D eigenvalue weighted by atomic mass is 9.89. The van der Waals surface area contributed by atoms with E-state index in [4.69, 9.17) is 16.6 Å². The summed E-state index contributed by atoms with van der Waals surface area (Å²) in [6.07, 6.45) is 0.0165. The van der Waals surface area contributed by atoms with Crippen molar-refractivity contribution in [3.8, 4) is 0 Å². The quantitative estimate of drug-likeness (QED) is 0.341. The smallest absolute Gasteiger partial charge is 0.331 e. The van der Waals surface area contributed by atoms with Gasteiger partial charge in [-0.1, -0.05) is 6.92 Å². The molecule has 76 valence electrons. The molecule has 0 aromatic heterocycles. The fraction of sp³-hybridized carbons (Fsp3) is 0.714. The first-order valence-corrected chi connectivity index (χ1v) is 4.46. The van der Waals surface area contributed by atoms with E-state index < -0.39 is 23.3 Å². The zero-order valence-corrected chi connectivity index (χ0v) is 8.25. The average molecular weight is 206 g/mol. The molecule has 0 bridgehead atoms. The van der Waals surface area contributed by atoms with E-state index in [1.165, 1.54) is 6.92 Å². The second-order valence-electron chi connectivity index (χ2n) is 2.78. The van der Waals surface area contributed by atoms with Gasteiger partial charge in [-0.25, -0.2) is 4.79 Å². The topological polar surface area (TPSA) is 106 Å². The Kier molecular flexibility index (Phi) is 4.38. The van der Waals surface area contributed by atoms with Gasteiger partial charge in [-0.15, -0.1) is 0 Å². The van der Waals surface area contributed by atoms with Gasteiger partial charge in [0, 0.05) is 5.75 Å². The molecule has 13 heavy (non-hydrogen) atoms. The Labute approximate surface area is 81.9 Å². The molecular formula is C7H14N2O3S. The van der Waals surface area contributed by atoms with Crippen molar-refractivity contribution in [3.63, 3.8) is 0 Å². The van der Waals surface area contributed by atoms with E-state index >= 15 is 0 Å². The number of carboxylic acids is 1. The predicted octanol–water partition coefficient (Wildman–Crippen LogP) is -0.995. The maximum Gasteiger partial charge on any atom is 0.331 e. The third-order valence-corrected chi connectivity index (χ3v) is 2.31. The van der Waals surface area contributed by atoms with Crippen LogP contribution in [0.5, 0.6) is 0 Å². The van der Waals surface area contributed by atoms with E-state index in [0.717, 1.165) is 0 Å². The number of aliphatic carboxylic acids is 1. The Hall–Kier alpha value is -0.590. The third kappa shape index (κ3) is 2.43. The van der Waals surface area contributed by atoms with Crippen molar-refractivity contribution in [2.75, 3.05) is 5.75 Å². The van der Waals surface area contributed by atoms with Crippen LogP contribution < -0.4 is 11.5 Å². The van der Waals surface area contributed by atoms with Crippen molar-refractivity contribution < 1.29 is 14.7 Å². The summed E-state index contributed by atoms with van der Waals surface area (Å²) in [5.41, 5.74) is 8.87. The highest BCUT2D eigenvalue weighted by atomic mass is 32.1. The molecule has 0 aromatic carbocycles. The maximum atomic E-state index is 11.4. The molecule has 2 atom stereocenters. The second kappa shape index (κ2) is 4.59. The zero-order chi connectivity index (χ0) is 10.6. The van der Waals surface area contributed by atoms with E-state index in [1.54, 1.807) is 0 Å². The van der Waals surface area contributed by atoms with Gasteiger partial charge in [0.1, 0.15) is 0 Å². The van der Waals surface area contributed by atoms with Gasteiger partial charge in [0.15, 0.2) is 11.3 Å². The summed E-state index contributed by atoms with van der Waals surface area (Å²) < 4.78 is 0. The maximum absolute atomic E-state index is 11.4. The van der Waals surface area contributed by atoms with Crippen LogP contribution in [0.2, 0.25) is 0 Å². The van der Waals surface area contributed by atoms with Crippen molar-refractivity contribution in [3.05, 3.63) is 0 Å². The van der Waals surface area contributed by atoms with Crippen LogP contribution in [0.4, 0.5) is 0 Å². The molecule has 0 aliphatic rings. The van der Waals surface area contributed by atoms with Crippen molar-refractivity contribution >= 4 is 24.4 Å². The summed E-state index contributed by atoms with van der Waals surface area (Å²) in [5, 5.41) is 8.72. The van der Waals surface area contributed by atoms with Crippen molar-refractivity contribution in [1.82, 2.24) is 0 Å². The van der Waals surface area contributed by atoms with Crippen LogP contribution in [0.3, 0.4) is 0 Å². The van der Waals surface area contributed by atoms with Gasteiger partial charge < -0.3 is 16.6 Å². The van der Waals surface area contributed by atoms with Gasteiger partial charge in [-0.3, -0.25) is 4.79 Å².